The number of H-pyrrole nitrogens is 1. The predicted molar refractivity (Wildman–Crippen MR) is 68.3 cm³/mol. The molecule has 1 aliphatic rings. The number of carboxylic acids is 1. The van der Waals surface area contributed by atoms with Gasteiger partial charge in [0.25, 0.3) is 5.56 Å². The average molecular weight is 267 g/mol. The third-order valence-electron chi connectivity index (χ3n) is 3.10. The lowest BCUT2D eigenvalue weighted by Crippen LogP contribution is -2.38. The first kappa shape index (κ1) is 13.5. The number of aromatic amines is 1. The standard InChI is InChI=1S/C12H17N3O4/c16-11-7-10(13-8-14-11)15-4-1-9(2-5-15)19-6-3-12(17)18/h7-9H,1-6H2,(H,17,18)(H,13,14,16). The van der Waals surface area contributed by atoms with Crippen LogP contribution < -0.4 is 10.5 Å². The summed E-state index contributed by atoms with van der Waals surface area (Å²) in [5.41, 5.74) is -0.162. The van der Waals surface area contributed by atoms with Gasteiger partial charge >= 0.3 is 5.97 Å². The summed E-state index contributed by atoms with van der Waals surface area (Å²) in [5.74, 6) is -0.169. The van der Waals surface area contributed by atoms with E-state index in [9.17, 15) is 9.59 Å². The van der Waals surface area contributed by atoms with Gasteiger partial charge in [0, 0.05) is 19.2 Å². The number of hydrogen-bond donors (Lipinski definition) is 2. The predicted octanol–water partition coefficient (Wildman–Crippen LogP) is 0.230. The van der Waals surface area contributed by atoms with Crippen LogP contribution in [0.3, 0.4) is 0 Å². The maximum atomic E-state index is 11.2. The number of anilines is 1. The van der Waals surface area contributed by atoms with E-state index in [0.717, 1.165) is 25.9 Å². The number of carbonyl (C=O) groups is 1. The monoisotopic (exact) mass is 267 g/mol. The highest BCUT2D eigenvalue weighted by molar-refractivity contribution is 5.66. The Morgan fingerprint density at radius 2 is 2.26 bits per heavy atom. The summed E-state index contributed by atoms with van der Waals surface area (Å²) in [4.78, 5) is 30.2. The Labute approximate surface area is 110 Å². The van der Waals surface area contributed by atoms with Crippen LogP contribution in [-0.4, -0.2) is 46.8 Å². The van der Waals surface area contributed by atoms with Gasteiger partial charge in [0.05, 0.1) is 25.5 Å². The molecule has 1 saturated heterocycles. The van der Waals surface area contributed by atoms with Gasteiger partial charge in [-0.2, -0.15) is 0 Å². The fourth-order valence-electron chi connectivity index (χ4n) is 2.10. The van der Waals surface area contributed by atoms with Crippen molar-refractivity contribution in [2.45, 2.75) is 25.4 Å². The van der Waals surface area contributed by atoms with Crippen LogP contribution in [0.4, 0.5) is 5.82 Å². The third-order valence-corrected chi connectivity index (χ3v) is 3.10. The summed E-state index contributed by atoms with van der Waals surface area (Å²) >= 11 is 0. The van der Waals surface area contributed by atoms with Gasteiger partial charge in [-0.3, -0.25) is 9.59 Å². The Hall–Kier alpha value is -1.89. The summed E-state index contributed by atoms with van der Waals surface area (Å²) in [6.45, 7) is 1.77. The van der Waals surface area contributed by atoms with Crippen LogP contribution in [-0.2, 0) is 9.53 Å². The molecule has 0 saturated carbocycles. The van der Waals surface area contributed by atoms with Gasteiger partial charge in [-0.25, -0.2) is 4.98 Å². The highest BCUT2D eigenvalue weighted by Crippen LogP contribution is 2.18. The molecule has 2 rings (SSSR count). The average Bonchev–Trinajstić information content (AvgIpc) is 2.39. The molecule has 7 nitrogen and oxygen atoms in total. The van der Waals surface area contributed by atoms with Crippen molar-refractivity contribution in [3.8, 4) is 0 Å². The minimum atomic E-state index is -0.842. The van der Waals surface area contributed by atoms with Crippen molar-refractivity contribution in [3.05, 3.63) is 22.7 Å². The highest BCUT2D eigenvalue weighted by Gasteiger charge is 2.20. The van der Waals surface area contributed by atoms with Crippen molar-refractivity contribution in [3.63, 3.8) is 0 Å². The molecule has 104 valence electrons. The number of ether oxygens (including phenoxy) is 1. The van der Waals surface area contributed by atoms with Crippen LogP contribution in [0.2, 0.25) is 0 Å². The molecule has 1 aliphatic heterocycles. The number of nitrogens with zero attached hydrogens (tertiary/aromatic N) is 2. The van der Waals surface area contributed by atoms with E-state index in [-0.39, 0.29) is 24.7 Å². The second kappa shape index (κ2) is 6.33. The number of aromatic nitrogens is 2. The molecular formula is C12H17N3O4. The lowest BCUT2D eigenvalue weighted by Gasteiger charge is -2.32. The number of piperidine rings is 1. The molecule has 0 radical (unpaired) electrons. The van der Waals surface area contributed by atoms with Crippen LogP contribution in [0.15, 0.2) is 17.2 Å². The Morgan fingerprint density at radius 3 is 2.89 bits per heavy atom. The maximum absolute atomic E-state index is 11.2. The van der Waals surface area contributed by atoms with Crippen molar-refractivity contribution in [1.82, 2.24) is 9.97 Å². The molecule has 7 heteroatoms. The van der Waals surface area contributed by atoms with Gasteiger partial charge in [-0.15, -0.1) is 0 Å². The van der Waals surface area contributed by atoms with E-state index in [2.05, 4.69) is 9.97 Å². The molecule has 0 bridgehead atoms. The minimum absolute atomic E-state index is 0.0375. The fourth-order valence-corrected chi connectivity index (χ4v) is 2.10. The Bertz CT molecular complexity index is 480. The zero-order chi connectivity index (χ0) is 13.7. The van der Waals surface area contributed by atoms with Gasteiger partial charge in [-0.05, 0) is 12.8 Å². The van der Waals surface area contributed by atoms with Gasteiger partial charge in [0.1, 0.15) is 5.82 Å². The fraction of sp³-hybridized carbons (Fsp3) is 0.583. The topological polar surface area (TPSA) is 95.5 Å². The second-order valence-electron chi connectivity index (χ2n) is 4.47. The van der Waals surface area contributed by atoms with E-state index in [4.69, 9.17) is 9.84 Å². The SMILES string of the molecule is O=C(O)CCOC1CCN(c2cc(=O)[nH]cn2)CC1. The van der Waals surface area contributed by atoms with Gasteiger partial charge in [-0.1, -0.05) is 0 Å². The first-order valence-electron chi connectivity index (χ1n) is 6.28. The van der Waals surface area contributed by atoms with Gasteiger partial charge in [0.2, 0.25) is 0 Å². The summed E-state index contributed by atoms with van der Waals surface area (Å²) in [5, 5.41) is 8.53. The number of carboxylic acid groups (broad SMARTS) is 1. The molecule has 0 amide bonds. The van der Waals surface area contributed by atoms with Crippen LogP contribution in [0, 0.1) is 0 Å². The van der Waals surface area contributed by atoms with E-state index >= 15 is 0 Å². The van der Waals surface area contributed by atoms with Crippen LogP contribution in [0.25, 0.3) is 0 Å². The first-order chi connectivity index (χ1) is 9.15. The highest BCUT2D eigenvalue weighted by atomic mass is 16.5. The largest absolute Gasteiger partial charge is 0.481 e. The summed E-state index contributed by atoms with van der Waals surface area (Å²) in [7, 11) is 0. The molecular weight excluding hydrogens is 250 g/mol. The lowest BCUT2D eigenvalue weighted by atomic mass is 10.1. The zero-order valence-electron chi connectivity index (χ0n) is 10.5. The van der Waals surface area contributed by atoms with E-state index in [1.807, 2.05) is 4.90 Å². The molecule has 2 N–H and O–H groups in total. The van der Waals surface area contributed by atoms with E-state index in [1.54, 1.807) is 0 Å². The van der Waals surface area contributed by atoms with Gasteiger partial charge < -0.3 is 19.7 Å². The van der Waals surface area contributed by atoms with Crippen molar-refractivity contribution in [2.75, 3.05) is 24.6 Å². The number of aliphatic carboxylic acids is 1. The molecule has 1 aromatic rings. The van der Waals surface area contributed by atoms with E-state index in [1.165, 1.54) is 12.4 Å². The van der Waals surface area contributed by atoms with Crippen LogP contribution >= 0.6 is 0 Å². The number of rotatable bonds is 5. The first-order valence-corrected chi connectivity index (χ1v) is 6.28. The van der Waals surface area contributed by atoms with Crippen LogP contribution in [0.1, 0.15) is 19.3 Å². The lowest BCUT2D eigenvalue weighted by molar-refractivity contribution is -0.138. The smallest absolute Gasteiger partial charge is 0.305 e. The number of hydrogen-bond acceptors (Lipinski definition) is 5. The van der Waals surface area contributed by atoms with Gasteiger partial charge in [0.15, 0.2) is 0 Å². The normalized spacial score (nSPS) is 16.5. The van der Waals surface area contributed by atoms with E-state index < -0.39 is 5.97 Å². The molecule has 19 heavy (non-hydrogen) atoms. The Morgan fingerprint density at radius 1 is 1.53 bits per heavy atom. The quantitative estimate of drug-likeness (QED) is 0.793. The summed E-state index contributed by atoms with van der Waals surface area (Å²) in [6, 6.07) is 1.48. The van der Waals surface area contributed by atoms with E-state index in [0.29, 0.717) is 5.82 Å². The van der Waals surface area contributed by atoms with Crippen molar-refractivity contribution < 1.29 is 14.6 Å². The minimum Gasteiger partial charge on any atom is -0.481 e. The van der Waals surface area contributed by atoms with Crippen molar-refractivity contribution in [2.24, 2.45) is 0 Å². The number of nitrogens with one attached hydrogen (secondary N) is 1. The third kappa shape index (κ3) is 4.06. The summed E-state index contributed by atoms with van der Waals surface area (Å²) < 4.78 is 5.51. The summed E-state index contributed by atoms with van der Waals surface area (Å²) in [6.07, 6.45) is 3.16. The molecule has 0 aromatic carbocycles. The molecule has 0 atom stereocenters. The molecule has 1 fully saturated rings. The Kier molecular flexibility index (Phi) is 4.51. The molecule has 0 unspecified atom stereocenters. The van der Waals surface area contributed by atoms with Crippen molar-refractivity contribution >= 4 is 11.8 Å². The Balaban J connectivity index is 1.79. The molecule has 0 aliphatic carbocycles. The van der Waals surface area contributed by atoms with Crippen molar-refractivity contribution in [1.29, 1.82) is 0 Å². The molecule has 1 aromatic heterocycles. The molecule has 0 spiro atoms. The maximum Gasteiger partial charge on any atom is 0.305 e. The van der Waals surface area contributed by atoms with Crippen LogP contribution in [0.5, 0.6) is 0 Å². The molecule has 2 heterocycles. The zero-order valence-corrected chi connectivity index (χ0v) is 10.5. The second-order valence-corrected chi connectivity index (χ2v) is 4.47.